The van der Waals surface area contributed by atoms with E-state index in [9.17, 15) is 8.42 Å². The van der Waals surface area contributed by atoms with E-state index >= 15 is 0 Å². The van der Waals surface area contributed by atoms with Crippen LogP contribution >= 0.6 is 0 Å². The Morgan fingerprint density at radius 2 is 1.77 bits per heavy atom. The van der Waals surface area contributed by atoms with Gasteiger partial charge >= 0.3 is 0 Å². The Kier molecular flexibility index (Phi) is 4.43. The van der Waals surface area contributed by atoms with Gasteiger partial charge in [-0.15, -0.1) is 0 Å². The SMILES string of the molecule is CCC(C)CC(C)(CC)S(C)(=O)=O. The average molecular weight is 206 g/mol. The predicted octanol–water partition coefficient (Wildman–Crippen LogP) is 2.64. The molecule has 0 aliphatic heterocycles. The molecule has 0 N–H and O–H groups in total. The maximum absolute atomic E-state index is 11.5. The molecule has 80 valence electrons. The van der Waals surface area contributed by atoms with Crippen molar-refractivity contribution in [3.05, 3.63) is 0 Å². The molecule has 0 bridgehead atoms. The minimum Gasteiger partial charge on any atom is -0.229 e. The first-order chi connectivity index (χ1) is 5.77. The molecule has 3 heteroatoms. The van der Waals surface area contributed by atoms with Crippen molar-refractivity contribution in [1.29, 1.82) is 0 Å². The molecule has 0 spiro atoms. The number of hydrogen-bond acceptors (Lipinski definition) is 2. The molecule has 0 aliphatic rings. The van der Waals surface area contributed by atoms with Crippen LogP contribution in [-0.4, -0.2) is 19.4 Å². The first kappa shape index (κ1) is 12.9. The Morgan fingerprint density at radius 1 is 1.31 bits per heavy atom. The van der Waals surface area contributed by atoms with Gasteiger partial charge in [0.2, 0.25) is 0 Å². The summed E-state index contributed by atoms with van der Waals surface area (Å²) >= 11 is 0. The number of rotatable bonds is 5. The fraction of sp³-hybridized carbons (Fsp3) is 1.00. The zero-order chi connectivity index (χ0) is 10.7. The van der Waals surface area contributed by atoms with E-state index in [1.165, 1.54) is 6.26 Å². The zero-order valence-corrected chi connectivity index (χ0v) is 10.2. The van der Waals surface area contributed by atoms with Crippen molar-refractivity contribution in [2.45, 2.75) is 51.7 Å². The quantitative estimate of drug-likeness (QED) is 0.693. The van der Waals surface area contributed by atoms with Crippen molar-refractivity contribution in [2.24, 2.45) is 5.92 Å². The van der Waals surface area contributed by atoms with Gasteiger partial charge in [-0.1, -0.05) is 27.2 Å². The van der Waals surface area contributed by atoms with Gasteiger partial charge in [0.05, 0.1) is 4.75 Å². The van der Waals surface area contributed by atoms with Gasteiger partial charge in [-0.05, 0) is 25.7 Å². The van der Waals surface area contributed by atoms with Gasteiger partial charge in [0, 0.05) is 6.26 Å². The summed E-state index contributed by atoms with van der Waals surface area (Å²) < 4.78 is 22.5. The average Bonchev–Trinajstić information content (AvgIpc) is 2.02. The maximum atomic E-state index is 11.5. The highest BCUT2D eigenvalue weighted by Gasteiger charge is 2.34. The van der Waals surface area contributed by atoms with Gasteiger partial charge in [-0.25, -0.2) is 8.42 Å². The lowest BCUT2D eigenvalue weighted by atomic mass is 9.93. The highest BCUT2D eigenvalue weighted by Crippen LogP contribution is 2.29. The summed E-state index contributed by atoms with van der Waals surface area (Å²) in [6.07, 6.45) is 3.87. The normalized spacial score (nSPS) is 19.5. The Balaban J connectivity index is 4.67. The Hall–Kier alpha value is -0.0500. The van der Waals surface area contributed by atoms with Crippen LogP contribution < -0.4 is 0 Å². The molecular weight excluding hydrogens is 184 g/mol. The predicted molar refractivity (Wildman–Crippen MR) is 57.6 cm³/mol. The van der Waals surface area contributed by atoms with Crippen molar-refractivity contribution in [3.8, 4) is 0 Å². The largest absolute Gasteiger partial charge is 0.229 e. The summed E-state index contributed by atoms with van der Waals surface area (Å²) in [5.41, 5.74) is 0. The Bertz CT molecular complexity index is 244. The molecule has 0 rings (SSSR count). The first-order valence-electron chi connectivity index (χ1n) is 4.96. The molecule has 13 heavy (non-hydrogen) atoms. The molecule has 2 unspecified atom stereocenters. The molecule has 0 amide bonds. The molecule has 2 atom stereocenters. The first-order valence-corrected chi connectivity index (χ1v) is 6.85. The minimum absolute atomic E-state index is 0.486. The molecule has 0 aromatic rings. The summed E-state index contributed by atoms with van der Waals surface area (Å²) in [5.74, 6) is 0.486. The monoisotopic (exact) mass is 206 g/mol. The maximum Gasteiger partial charge on any atom is 0.152 e. The Labute approximate surface area is 82.6 Å². The fourth-order valence-corrected chi connectivity index (χ4v) is 2.55. The summed E-state index contributed by atoms with van der Waals surface area (Å²) in [6.45, 7) is 8.01. The Morgan fingerprint density at radius 3 is 2.00 bits per heavy atom. The highest BCUT2D eigenvalue weighted by molar-refractivity contribution is 7.92. The second kappa shape index (κ2) is 4.45. The smallest absolute Gasteiger partial charge is 0.152 e. The third kappa shape index (κ3) is 3.29. The van der Waals surface area contributed by atoms with Crippen LogP contribution in [0.2, 0.25) is 0 Å². The third-order valence-corrected chi connectivity index (χ3v) is 5.37. The van der Waals surface area contributed by atoms with Crippen LogP contribution in [0.3, 0.4) is 0 Å². The van der Waals surface area contributed by atoms with E-state index in [1.54, 1.807) is 0 Å². The van der Waals surface area contributed by atoms with E-state index in [0.717, 1.165) is 12.8 Å². The van der Waals surface area contributed by atoms with E-state index in [0.29, 0.717) is 12.3 Å². The van der Waals surface area contributed by atoms with E-state index in [2.05, 4.69) is 13.8 Å². The van der Waals surface area contributed by atoms with Gasteiger partial charge < -0.3 is 0 Å². The second-order valence-corrected chi connectivity index (χ2v) is 6.82. The van der Waals surface area contributed by atoms with Crippen molar-refractivity contribution < 1.29 is 8.42 Å². The molecule has 2 nitrogen and oxygen atoms in total. The summed E-state index contributed by atoms with van der Waals surface area (Å²) in [5, 5.41) is 0. The van der Waals surface area contributed by atoms with Crippen LogP contribution in [0.4, 0.5) is 0 Å². The van der Waals surface area contributed by atoms with Crippen molar-refractivity contribution in [1.82, 2.24) is 0 Å². The molecule has 0 aromatic carbocycles. The summed E-state index contributed by atoms with van der Waals surface area (Å²) in [4.78, 5) is 0. The van der Waals surface area contributed by atoms with Crippen LogP contribution in [0.1, 0.15) is 47.0 Å². The van der Waals surface area contributed by atoms with Gasteiger partial charge in [0.25, 0.3) is 0 Å². The van der Waals surface area contributed by atoms with Gasteiger partial charge in [-0.2, -0.15) is 0 Å². The fourth-order valence-electron chi connectivity index (χ4n) is 1.44. The van der Waals surface area contributed by atoms with Crippen LogP contribution in [-0.2, 0) is 9.84 Å². The van der Waals surface area contributed by atoms with Gasteiger partial charge in [0.1, 0.15) is 0 Å². The van der Waals surface area contributed by atoms with Crippen molar-refractivity contribution >= 4 is 9.84 Å². The highest BCUT2D eigenvalue weighted by atomic mass is 32.2. The minimum atomic E-state index is -2.92. The van der Waals surface area contributed by atoms with Crippen LogP contribution in [0.5, 0.6) is 0 Å². The lowest BCUT2D eigenvalue weighted by molar-refractivity contribution is 0.406. The molecule has 0 fully saturated rings. The molecule has 0 heterocycles. The third-order valence-electron chi connectivity index (χ3n) is 3.12. The lowest BCUT2D eigenvalue weighted by Gasteiger charge is -2.28. The number of hydrogen-bond donors (Lipinski definition) is 0. The van der Waals surface area contributed by atoms with E-state index in [1.807, 2.05) is 13.8 Å². The summed E-state index contributed by atoms with van der Waals surface area (Å²) in [6, 6.07) is 0. The van der Waals surface area contributed by atoms with Crippen LogP contribution in [0.25, 0.3) is 0 Å². The topological polar surface area (TPSA) is 34.1 Å². The number of sulfone groups is 1. The lowest BCUT2D eigenvalue weighted by Crippen LogP contribution is -2.35. The van der Waals surface area contributed by atoms with Crippen molar-refractivity contribution in [2.75, 3.05) is 6.26 Å². The van der Waals surface area contributed by atoms with Gasteiger partial charge in [0.15, 0.2) is 9.84 Å². The van der Waals surface area contributed by atoms with Crippen LogP contribution in [0, 0.1) is 5.92 Å². The standard InChI is InChI=1S/C10H22O2S/c1-6-9(3)8-10(4,7-2)13(5,11)12/h9H,6-8H2,1-5H3. The molecular formula is C10H22O2S. The molecule has 0 radical (unpaired) electrons. The zero-order valence-electron chi connectivity index (χ0n) is 9.42. The van der Waals surface area contributed by atoms with E-state index < -0.39 is 14.6 Å². The molecule has 0 aliphatic carbocycles. The van der Waals surface area contributed by atoms with Crippen LogP contribution in [0.15, 0.2) is 0 Å². The van der Waals surface area contributed by atoms with E-state index in [4.69, 9.17) is 0 Å². The second-order valence-electron chi connectivity index (χ2n) is 4.29. The van der Waals surface area contributed by atoms with E-state index in [-0.39, 0.29) is 0 Å². The van der Waals surface area contributed by atoms with Gasteiger partial charge in [-0.3, -0.25) is 0 Å². The van der Waals surface area contributed by atoms with Crippen molar-refractivity contribution in [3.63, 3.8) is 0 Å². The molecule has 0 saturated heterocycles. The summed E-state index contributed by atoms with van der Waals surface area (Å²) in [7, 11) is -2.92. The molecule has 0 aromatic heterocycles. The molecule has 0 saturated carbocycles.